The molecule has 0 amide bonds. The Bertz CT molecular complexity index is 812. The van der Waals surface area contributed by atoms with E-state index in [1.807, 2.05) is 36.4 Å². The van der Waals surface area contributed by atoms with Crippen molar-refractivity contribution in [3.63, 3.8) is 0 Å². The Labute approximate surface area is 168 Å². The third-order valence-corrected chi connectivity index (χ3v) is 5.22. The van der Waals surface area contributed by atoms with Crippen LogP contribution in [0.1, 0.15) is 22.8 Å². The number of nitrogens with zero attached hydrogens (tertiary/aromatic N) is 3. The van der Waals surface area contributed by atoms with Crippen molar-refractivity contribution >= 4 is 33.4 Å². The highest BCUT2D eigenvalue weighted by atomic mass is 79.9. The van der Waals surface area contributed by atoms with E-state index in [2.05, 4.69) is 32.7 Å². The molecule has 3 rings (SSSR count). The number of halogens is 1. The summed E-state index contributed by atoms with van der Waals surface area (Å²) in [6, 6.07) is 15.4. The molecule has 142 valence electrons. The first-order chi connectivity index (χ1) is 13.1. The average Bonchev–Trinajstić information content (AvgIpc) is 2.72. The van der Waals surface area contributed by atoms with Gasteiger partial charge in [0, 0.05) is 36.2 Å². The fourth-order valence-electron chi connectivity index (χ4n) is 3.13. The average molecular weight is 430 g/mol. The van der Waals surface area contributed by atoms with Crippen LogP contribution in [0.25, 0.3) is 0 Å². The minimum absolute atomic E-state index is 0.330. The van der Waals surface area contributed by atoms with E-state index < -0.39 is 0 Å². The first-order valence-corrected chi connectivity index (χ1v) is 9.90. The van der Waals surface area contributed by atoms with Crippen LogP contribution in [0.5, 0.6) is 0 Å². The van der Waals surface area contributed by atoms with Crippen LogP contribution in [0.4, 0.5) is 5.69 Å². The van der Waals surface area contributed by atoms with Crippen molar-refractivity contribution in [3.8, 4) is 0 Å². The molecule has 5 nitrogen and oxygen atoms in total. The van der Waals surface area contributed by atoms with Crippen molar-refractivity contribution < 1.29 is 9.53 Å². The third-order valence-electron chi connectivity index (χ3n) is 4.73. The minimum Gasteiger partial charge on any atom is -0.465 e. The lowest BCUT2D eigenvalue weighted by Crippen LogP contribution is -2.48. The molecule has 6 heteroatoms. The number of amidine groups is 1. The molecule has 0 N–H and O–H groups in total. The van der Waals surface area contributed by atoms with Gasteiger partial charge in [-0.05, 0) is 36.9 Å². The lowest BCUT2D eigenvalue weighted by atomic mass is 10.1. The molecular weight excluding hydrogens is 406 g/mol. The Balaban J connectivity index is 1.93. The molecule has 0 saturated carbocycles. The number of aliphatic imine (C=N–C) groups is 1. The van der Waals surface area contributed by atoms with Crippen LogP contribution in [-0.2, 0) is 4.74 Å². The van der Waals surface area contributed by atoms with Gasteiger partial charge in [-0.3, -0.25) is 0 Å². The van der Waals surface area contributed by atoms with Crippen LogP contribution < -0.4 is 0 Å². The highest BCUT2D eigenvalue weighted by Crippen LogP contribution is 2.21. The summed E-state index contributed by atoms with van der Waals surface area (Å²) in [4.78, 5) is 21.4. The fourth-order valence-corrected chi connectivity index (χ4v) is 3.52. The molecule has 0 aliphatic carbocycles. The monoisotopic (exact) mass is 429 g/mol. The first kappa shape index (κ1) is 19.6. The molecule has 0 aromatic heterocycles. The van der Waals surface area contributed by atoms with Crippen LogP contribution in [0, 0.1) is 0 Å². The predicted octanol–water partition coefficient (Wildman–Crippen LogP) is 3.95. The SMILES string of the molecule is CCN1CCN(/C(=N\c2cccc(Br)c2)c2ccc(C(=O)OC)cc2)CC1. The summed E-state index contributed by atoms with van der Waals surface area (Å²) in [6.45, 7) is 7.17. The summed E-state index contributed by atoms with van der Waals surface area (Å²) < 4.78 is 5.80. The predicted molar refractivity (Wildman–Crippen MR) is 112 cm³/mol. The second-order valence-corrected chi connectivity index (χ2v) is 7.32. The molecule has 0 radical (unpaired) electrons. The van der Waals surface area contributed by atoms with E-state index >= 15 is 0 Å². The summed E-state index contributed by atoms with van der Waals surface area (Å²) in [5.74, 6) is 0.601. The van der Waals surface area contributed by atoms with Gasteiger partial charge in [-0.15, -0.1) is 0 Å². The molecule has 1 aliphatic rings. The highest BCUT2D eigenvalue weighted by Gasteiger charge is 2.20. The van der Waals surface area contributed by atoms with Crippen LogP contribution in [0.15, 0.2) is 58.0 Å². The van der Waals surface area contributed by atoms with Gasteiger partial charge in [0.15, 0.2) is 0 Å². The molecule has 0 bridgehead atoms. The zero-order valence-electron chi connectivity index (χ0n) is 15.7. The molecule has 1 heterocycles. The number of hydrogen-bond acceptors (Lipinski definition) is 4. The molecule has 0 unspecified atom stereocenters. The number of piperazine rings is 1. The molecule has 1 saturated heterocycles. The van der Waals surface area contributed by atoms with Gasteiger partial charge >= 0.3 is 5.97 Å². The summed E-state index contributed by atoms with van der Waals surface area (Å²) in [7, 11) is 1.39. The smallest absolute Gasteiger partial charge is 0.337 e. The van der Waals surface area contributed by atoms with Crippen molar-refractivity contribution in [2.75, 3.05) is 39.8 Å². The number of hydrogen-bond donors (Lipinski definition) is 0. The van der Waals surface area contributed by atoms with E-state index in [9.17, 15) is 4.79 Å². The first-order valence-electron chi connectivity index (χ1n) is 9.11. The molecule has 27 heavy (non-hydrogen) atoms. The van der Waals surface area contributed by atoms with Gasteiger partial charge in [-0.25, -0.2) is 9.79 Å². The number of ether oxygens (including phenoxy) is 1. The van der Waals surface area contributed by atoms with Gasteiger partial charge in [-0.1, -0.05) is 41.1 Å². The van der Waals surface area contributed by atoms with Crippen LogP contribution in [-0.4, -0.2) is 61.4 Å². The standard InChI is InChI=1S/C21H24BrN3O2/c1-3-24-11-13-25(14-12-24)20(23-19-6-4-5-18(22)15-19)16-7-9-17(10-8-16)21(26)27-2/h4-10,15H,3,11-14H2,1-2H3/b23-20-. The van der Waals surface area contributed by atoms with E-state index in [0.29, 0.717) is 5.56 Å². The van der Waals surface area contributed by atoms with Gasteiger partial charge in [0.2, 0.25) is 0 Å². The van der Waals surface area contributed by atoms with E-state index in [4.69, 9.17) is 9.73 Å². The Kier molecular flexibility index (Phi) is 6.63. The van der Waals surface area contributed by atoms with E-state index in [1.54, 1.807) is 12.1 Å². The van der Waals surface area contributed by atoms with Crippen LogP contribution in [0.2, 0.25) is 0 Å². The van der Waals surface area contributed by atoms with E-state index in [0.717, 1.165) is 54.3 Å². The van der Waals surface area contributed by atoms with Crippen molar-refractivity contribution in [1.82, 2.24) is 9.80 Å². The molecule has 1 aliphatic heterocycles. The Morgan fingerprint density at radius 2 is 1.74 bits per heavy atom. The number of benzene rings is 2. The number of esters is 1. The van der Waals surface area contributed by atoms with Gasteiger partial charge in [-0.2, -0.15) is 0 Å². The Morgan fingerprint density at radius 1 is 1.07 bits per heavy atom. The molecule has 2 aromatic rings. The normalized spacial score (nSPS) is 15.7. The minimum atomic E-state index is -0.330. The summed E-state index contributed by atoms with van der Waals surface area (Å²) in [5, 5.41) is 0. The van der Waals surface area contributed by atoms with Gasteiger partial charge < -0.3 is 14.5 Å². The largest absolute Gasteiger partial charge is 0.465 e. The molecule has 0 spiro atoms. The Hall–Kier alpha value is -2.18. The fraction of sp³-hybridized carbons (Fsp3) is 0.333. The van der Waals surface area contributed by atoms with E-state index in [1.165, 1.54) is 7.11 Å². The second-order valence-electron chi connectivity index (χ2n) is 6.41. The van der Waals surface area contributed by atoms with Gasteiger partial charge in [0.05, 0.1) is 18.4 Å². The lowest BCUT2D eigenvalue weighted by Gasteiger charge is -2.36. The van der Waals surface area contributed by atoms with Crippen LogP contribution >= 0.6 is 15.9 Å². The topological polar surface area (TPSA) is 45.1 Å². The lowest BCUT2D eigenvalue weighted by molar-refractivity contribution is 0.0600. The number of likely N-dealkylation sites (N-methyl/N-ethyl adjacent to an activating group) is 1. The maximum atomic E-state index is 11.7. The molecule has 0 atom stereocenters. The third kappa shape index (κ3) is 4.96. The molecule has 1 fully saturated rings. The van der Waals surface area contributed by atoms with E-state index in [-0.39, 0.29) is 5.97 Å². The number of carbonyl (C=O) groups is 1. The highest BCUT2D eigenvalue weighted by molar-refractivity contribution is 9.10. The van der Waals surface area contributed by atoms with Crippen molar-refractivity contribution in [2.24, 2.45) is 4.99 Å². The quantitative estimate of drug-likeness (QED) is 0.419. The summed E-state index contributed by atoms with van der Waals surface area (Å²) in [6.07, 6.45) is 0. The van der Waals surface area contributed by atoms with Crippen molar-refractivity contribution in [1.29, 1.82) is 0 Å². The zero-order chi connectivity index (χ0) is 19.2. The van der Waals surface area contributed by atoms with Crippen molar-refractivity contribution in [2.45, 2.75) is 6.92 Å². The summed E-state index contributed by atoms with van der Waals surface area (Å²) >= 11 is 3.51. The maximum absolute atomic E-state index is 11.7. The van der Waals surface area contributed by atoms with Gasteiger partial charge in [0.25, 0.3) is 0 Å². The van der Waals surface area contributed by atoms with Crippen LogP contribution in [0.3, 0.4) is 0 Å². The van der Waals surface area contributed by atoms with Crippen molar-refractivity contribution in [3.05, 3.63) is 64.1 Å². The molecule has 2 aromatic carbocycles. The van der Waals surface area contributed by atoms with Gasteiger partial charge in [0.1, 0.15) is 5.84 Å². The number of rotatable bonds is 4. The number of methoxy groups -OCH3 is 1. The summed E-state index contributed by atoms with van der Waals surface area (Å²) in [5.41, 5.74) is 2.43. The number of carbonyl (C=O) groups excluding carboxylic acids is 1. The maximum Gasteiger partial charge on any atom is 0.337 e. The second kappa shape index (κ2) is 9.15. The molecular formula is C21H24BrN3O2. The zero-order valence-corrected chi connectivity index (χ0v) is 17.3. The Morgan fingerprint density at radius 3 is 2.33 bits per heavy atom.